The van der Waals surface area contributed by atoms with Gasteiger partial charge in [0.05, 0.1) is 18.4 Å². The van der Waals surface area contributed by atoms with E-state index in [0.717, 1.165) is 12.0 Å². The van der Waals surface area contributed by atoms with Crippen molar-refractivity contribution in [2.75, 3.05) is 11.8 Å². The fourth-order valence-electron chi connectivity index (χ4n) is 2.37. The van der Waals surface area contributed by atoms with Gasteiger partial charge in [-0.05, 0) is 50.1 Å². The number of ether oxygens (including phenoxy) is 1. The molecule has 26 heavy (non-hydrogen) atoms. The quantitative estimate of drug-likeness (QED) is 0.776. The molecule has 0 aliphatic carbocycles. The number of rotatable bonds is 7. The monoisotopic (exact) mass is 376 g/mol. The van der Waals surface area contributed by atoms with Crippen LogP contribution in [0.15, 0.2) is 47.4 Å². The van der Waals surface area contributed by atoms with E-state index in [0.29, 0.717) is 0 Å². The van der Waals surface area contributed by atoms with Crippen LogP contribution in [0.3, 0.4) is 0 Å². The van der Waals surface area contributed by atoms with Gasteiger partial charge in [-0.1, -0.05) is 25.1 Å². The highest BCUT2D eigenvalue weighted by molar-refractivity contribution is 7.92. The number of sulfonamides is 1. The molecule has 0 heterocycles. The molecule has 0 spiro atoms. The summed E-state index contributed by atoms with van der Waals surface area (Å²) < 4.78 is 33.4. The molecule has 6 nitrogen and oxygen atoms in total. The zero-order valence-electron chi connectivity index (χ0n) is 15.4. The summed E-state index contributed by atoms with van der Waals surface area (Å²) in [7, 11) is -2.51. The van der Waals surface area contributed by atoms with Crippen molar-refractivity contribution in [1.29, 1.82) is 0 Å². The summed E-state index contributed by atoms with van der Waals surface area (Å²) in [6.07, 6.45) is 0.778. The highest BCUT2D eigenvalue weighted by Gasteiger charge is 2.22. The van der Waals surface area contributed by atoms with Gasteiger partial charge in [0.15, 0.2) is 0 Å². The maximum atomic E-state index is 12.9. The molecule has 1 amide bonds. The minimum Gasteiger partial charge on any atom is -0.495 e. The minimum atomic E-state index is -3.92. The number of carbonyl (C=O) groups excluding carboxylic acids is 1. The van der Waals surface area contributed by atoms with Crippen LogP contribution in [-0.4, -0.2) is 27.5 Å². The highest BCUT2D eigenvalue weighted by atomic mass is 32.2. The molecular weight excluding hydrogens is 352 g/mol. The average molecular weight is 376 g/mol. The van der Waals surface area contributed by atoms with Gasteiger partial charge < -0.3 is 10.1 Å². The topological polar surface area (TPSA) is 84.5 Å². The standard InChI is InChI=1S/C19H24N2O4S/c1-5-14(3)20-19(22)15-8-6-7-9-16(15)21-26(23,24)18-12-13(2)10-11-17(18)25-4/h6-12,14,21H,5H2,1-4H3,(H,20,22)/t14-/m1/s1. The van der Waals surface area contributed by atoms with E-state index in [1.807, 2.05) is 13.8 Å². The number of nitrogens with one attached hydrogen (secondary N) is 2. The molecule has 0 fully saturated rings. The number of para-hydroxylation sites is 1. The largest absolute Gasteiger partial charge is 0.495 e. The summed E-state index contributed by atoms with van der Waals surface area (Å²) in [5.74, 6) is -0.0847. The summed E-state index contributed by atoms with van der Waals surface area (Å²) >= 11 is 0. The summed E-state index contributed by atoms with van der Waals surface area (Å²) in [6, 6.07) is 11.4. The lowest BCUT2D eigenvalue weighted by Crippen LogP contribution is -2.32. The summed E-state index contributed by atoms with van der Waals surface area (Å²) in [4.78, 5) is 12.5. The van der Waals surface area contributed by atoms with Crippen molar-refractivity contribution in [3.05, 3.63) is 53.6 Å². The van der Waals surface area contributed by atoms with Crippen molar-refractivity contribution in [2.24, 2.45) is 0 Å². The van der Waals surface area contributed by atoms with E-state index in [1.54, 1.807) is 43.3 Å². The molecule has 0 aliphatic rings. The highest BCUT2D eigenvalue weighted by Crippen LogP contribution is 2.28. The smallest absolute Gasteiger partial charge is 0.265 e. The van der Waals surface area contributed by atoms with Crippen LogP contribution in [0.5, 0.6) is 5.75 Å². The van der Waals surface area contributed by atoms with Crippen LogP contribution < -0.4 is 14.8 Å². The Morgan fingerprint density at radius 2 is 1.88 bits per heavy atom. The van der Waals surface area contributed by atoms with Crippen molar-refractivity contribution in [2.45, 2.75) is 38.1 Å². The number of anilines is 1. The fraction of sp³-hybridized carbons (Fsp3) is 0.316. The molecule has 2 rings (SSSR count). The van der Waals surface area contributed by atoms with Crippen LogP contribution in [0.2, 0.25) is 0 Å². The van der Waals surface area contributed by atoms with Crippen LogP contribution in [0.1, 0.15) is 36.2 Å². The Kier molecular flexibility index (Phi) is 6.26. The molecule has 1 atom stereocenters. The number of hydrogen-bond donors (Lipinski definition) is 2. The molecule has 0 saturated carbocycles. The molecule has 2 aromatic carbocycles. The molecule has 0 bridgehead atoms. The molecule has 7 heteroatoms. The van der Waals surface area contributed by atoms with Gasteiger partial charge >= 0.3 is 0 Å². The Labute approximate surface area is 154 Å². The molecule has 0 aromatic heterocycles. The van der Waals surface area contributed by atoms with Crippen molar-refractivity contribution < 1.29 is 17.9 Å². The number of amides is 1. The third-order valence-electron chi connectivity index (χ3n) is 4.01. The molecule has 0 radical (unpaired) electrons. The van der Waals surface area contributed by atoms with E-state index >= 15 is 0 Å². The van der Waals surface area contributed by atoms with Crippen molar-refractivity contribution in [1.82, 2.24) is 5.32 Å². The Morgan fingerprint density at radius 3 is 2.54 bits per heavy atom. The normalized spacial score (nSPS) is 12.3. The van der Waals surface area contributed by atoms with Crippen LogP contribution >= 0.6 is 0 Å². The van der Waals surface area contributed by atoms with Crippen molar-refractivity contribution >= 4 is 21.6 Å². The lowest BCUT2D eigenvalue weighted by Gasteiger charge is -2.16. The second-order valence-corrected chi connectivity index (χ2v) is 7.74. The molecule has 0 saturated heterocycles. The predicted octanol–water partition coefficient (Wildman–Crippen LogP) is 3.33. The van der Waals surface area contributed by atoms with Crippen LogP contribution in [0.4, 0.5) is 5.69 Å². The molecule has 2 N–H and O–H groups in total. The first-order valence-corrected chi connectivity index (χ1v) is 9.84. The van der Waals surface area contributed by atoms with Crippen LogP contribution in [0.25, 0.3) is 0 Å². The SMILES string of the molecule is CC[C@@H](C)NC(=O)c1ccccc1NS(=O)(=O)c1cc(C)ccc1OC. The average Bonchev–Trinajstić information content (AvgIpc) is 2.61. The summed E-state index contributed by atoms with van der Waals surface area (Å²) in [6.45, 7) is 5.65. The molecule has 0 unspecified atom stereocenters. The Bertz CT molecular complexity index is 894. The maximum absolute atomic E-state index is 12.9. The minimum absolute atomic E-state index is 0.0102. The molecular formula is C19H24N2O4S. The van der Waals surface area contributed by atoms with Gasteiger partial charge in [-0.3, -0.25) is 9.52 Å². The van der Waals surface area contributed by atoms with Gasteiger partial charge in [-0.25, -0.2) is 8.42 Å². The second-order valence-electron chi connectivity index (χ2n) is 6.09. The predicted molar refractivity (Wildman–Crippen MR) is 102 cm³/mol. The summed E-state index contributed by atoms with van der Waals surface area (Å²) in [5.41, 5.74) is 1.27. The first-order chi connectivity index (χ1) is 12.3. The Balaban J connectivity index is 2.40. The van der Waals surface area contributed by atoms with Gasteiger partial charge in [0.1, 0.15) is 10.6 Å². The summed E-state index contributed by atoms with van der Waals surface area (Å²) in [5, 5.41) is 2.84. The first-order valence-electron chi connectivity index (χ1n) is 8.35. The van der Waals surface area contributed by atoms with Gasteiger partial charge in [0.2, 0.25) is 0 Å². The van der Waals surface area contributed by atoms with Gasteiger partial charge in [0, 0.05) is 6.04 Å². The first kappa shape index (κ1) is 19.8. The maximum Gasteiger partial charge on any atom is 0.265 e. The van der Waals surface area contributed by atoms with Gasteiger partial charge in [-0.2, -0.15) is 0 Å². The van der Waals surface area contributed by atoms with E-state index < -0.39 is 10.0 Å². The van der Waals surface area contributed by atoms with Crippen LogP contribution in [0, 0.1) is 6.92 Å². The zero-order chi connectivity index (χ0) is 19.3. The number of carbonyl (C=O) groups is 1. The number of benzene rings is 2. The van der Waals surface area contributed by atoms with Crippen molar-refractivity contribution in [3.8, 4) is 5.75 Å². The second kappa shape index (κ2) is 8.23. The van der Waals surface area contributed by atoms with Gasteiger partial charge in [0.25, 0.3) is 15.9 Å². The lowest BCUT2D eigenvalue weighted by molar-refractivity contribution is 0.0940. The Morgan fingerprint density at radius 1 is 1.19 bits per heavy atom. The number of methoxy groups -OCH3 is 1. The van der Waals surface area contributed by atoms with E-state index in [2.05, 4.69) is 10.0 Å². The third kappa shape index (κ3) is 4.54. The fourth-order valence-corrected chi connectivity index (χ4v) is 3.70. The molecule has 140 valence electrons. The van der Waals surface area contributed by atoms with E-state index in [-0.39, 0.29) is 33.8 Å². The van der Waals surface area contributed by atoms with E-state index in [9.17, 15) is 13.2 Å². The van der Waals surface area contributed by atoms with Gasteiger partial charge in [-0.15, -0.1) is 0 Å². The van der Waals surface area contributed by atoms with Crippen LogP contribution in [-0.2, 0) is 10.0 Å². The number of hydrogen-bond acceptors (Lipinski definition) is 4. The van der Waals surface area contributed by atoms with Crippen molar-refractivity contribution in [3.63, 3.8) is 0 Å². The lowest BCUT2D eigenvalue weighted by atomic mass is 10.1. The van der Waals surface area contributed by atoms with E-state index in [1.165, 1.54) is 13.2 Å². The van der Waals surface area contributed by atoms with E-state index in [4.69, 9.17) is 4.74 Å². The third-order valence-corrected chi connectivity index (χ3v) is 5.40. The molecule has 0 aliphatic heterocycles. The zero-order valence-corrected chi connectivity index (χ0v) is 16.2. The molecule has 2 aromatic rings. The number of aryl methyl sites for hydroxylation is 1. The Hall–Kier alpha value is -2.54.